The second-order valence-corrected chi connectivity index (χ2v) is 6.70. The SMILES string of the molecule is O=C(CSc1nccn1C1CCCCC1)Nc1cccc(F)c1. The molecule has 0 aliphatic heterocycles. The van der Waals surface area contributed by atoms with Crippen molar-refractivity contribution < 1.29 is 9.18 Å². The third-order valence-electron chi connectivity index (χ3n) is 4.04. The zero-order valence-electron chi connectivity index (χ0n) is 12.9. The summed E-state index contributed by atoms with van der Waals surface area (Å²) < 4.78 is 15.3. The van der Waals surface area contributed by atoms with Crippen LogP contribution in [0.1, 0.15) is 38.1 Å². The summed E-state index contributed by atoms with van der Waals surface area (Å²) in [6.07, 6.45) is 9.98. The summed E-state index contributed by atoms with van der Waals surface area (Å²) in [6, 6.07) is 6.42. The molecule has 1 aliphatic carbocycles. The predicted octanol–water partition coefficient (Wildman–Crippen LogP) is 4.26. The molecular formula is C17H20FN3OS. The van der Waals surface area contributed by atoms with Crippen molar-refractivity contribution in [1.82, 2.24) is 9.55 Å². The molecule has 6 heteroatoms. The van der Waals surface area contributed by atoms with E-state index in [0.717, 1.165) is 5.16 Å². The Morgan fingerprint density at radius 2 is 2.17 bits per heavy atom. The van der Waals surface area contributed by atoms with Crippen LogP contribution in [0, 0.1) is 5.82 Å². The second kappa shape index (κ2) is 7.64. The Bertz CT molecular complexity index is 667. The molecule has 1 heterocycles. The molecule has 1 aromatic heterocycles. The number of rotatable bonds is 5. The molecule has 1 saturated carbocycles. The van der Waals surface area contributed by atoms with Crippen molar-refractivity contribution in [2.45, 2.75) is 43.3 Å². The fourth-order valence-corrected chi connectivity index (χ4v) is 3.77. The highest BCUT2D eigenvalue weighted by molar-refractivity contribution is 7.99. The van der Waals surface area contributed by atoms with Crippen LogP contribution < -0.4 is 5.32 Å². The second-order valence-electron chi connectivity index (χ2n) is 5.76. The molecule has 2 aromatic rings. The molecule has 23 heavy (non-hydrogen) atoms. The Hall–Kier alpha value is -1.82. The van der Waals surface area contributed by atoms with Crippen LogP contribution in [0.2, 0.25) is 0 Å². The van der Waals surface area contributed by atoms with Crippen LogP contribution in [-0.2, 0) is 4.79 Å². The van der Waals surface area contributed by atoms with Gasteiger partial charge in [-0.15, -0.1) is 0 Å². The Kier molecular flexibility index (Phi) is 5.33. The summed E-state index contributed by atoms with van der Waals surface area (Å²) in [5, 5.41) is 3.59. The first kappa shape index (κ1) is 16.1. The van der Waals surface area contributed by atoms with E-state index in [1.807, 2.05) is 6.20 Å². The molecule has 1 fully saturated rings. The molecular weight excluding hydrogens is 313 g/mol. The number of halogens is 1. The van der Waals surface area contributed by atoms with Gasteiger partial charge in [0.05, 0.1) is 5.75 Å². The van der Waals surface area contributed by atoms with Crippen molar-refractivity contribution in [3.8, 4) is 0 Å². The fraction of sp³-hybridized carbons (Fsp3) is 0.412. The minimum absolute atomic E-state index is 0.154. The van der Waals surface area contributed by atoms with Gasteiger partial charge in [-0.25, -0.2) is 9.37 Å². The van der Waals surface area contributed by atoms with E-state index in [2.05, 4.69) is 14.9 Å². The van der Waals surface area contributed by atoms with E-state index in [-0.39, 0.29) is 17.5 Å². The Balaban J connectivity index is 1.56. The van der Waals surface area contributed by atoms with Gasteiger partial charge in [-0.1, -0.05) is 37.1 Å². The number of nitrogens with zero attached hydrogens (tertiary/aromatic N) is 2. The van der Waals surface area contributed by atoms with Crippen LogP contribution in [0.4, 0.5) is 10.1 Å². The highest BCUT2D eigenvalue weighted by Crippen LogP contribution is 2.31. The van der Waals surface area contributed by atoms with Gasteiger partial charge in [-0.2, -0.15) is 0 Å². The summed E-state index contributed by atoms with van der Waals surface area (Å²) in [5.74, 6) is -0.248. The monoisotopic (exact) mass is 333 g/mol. The van der Waals surface area contributed by atoms with E-state index in [0.29, 0.717) is 11.7 Å². The van der Waals surface area contributed by atoms with E-state index in [9.17, 15) is 9.18 Å². The van der Waals surface area contributed by atoms with Gasteiger partial charge in [0.2, 0.25) is 5.91 Å². The standard InChI is InChI=1S/C17H20FN3OS/c18-13-5-4-6-14(11-13)20-16(22)12-23-17-19-9-10-21(17)15-7-2-1-3-8-15/h4-6,9-11,15H,1-3,7-8,12H2,(H,20,22). The Morgan fingerprint density at radius 3 is 2.96 bits per heavy atom. The van der Waals surface area contributed by atoms with Crippen molar-refractivity contribution in [1.29, 1.82) is 0 Å². The Labute approximate surface area is 139 Å². The molecule has 0 radical (unpaired) electrons. The molecule has 3 rings (SSSR count). The number of imidazole rings is 1. The topological polar surface area (TPSA) is 46.9 Å². The maximum absolute atomic E-state index is 13.1. The number of amides is 1. The minimum Gasteiger partial charge on any atom is -0.325 e. The van der Waals surface area contributed by atoms with E-state index in [1.165, 1.54) is 56.0 Å². The largest absolute Gasteiger partial charge is 0.325 e. The van der Waals surface area contributed by atoms with Crippen LogP contribution in [0.3, 0.4) is 0 Å². The number of aromatic nitrogens is 2. The molecule has 0 saturated heterocycles. The third kappa shape index (κ3) is 4.34. The van der Waals surface area contributed by atoms with Crippen LogP contribution >= 0.6 is 11.8 Å². The number of hydrogen-bond acceptors (Lipinski definition) is 3. The average Bonchev–Trinajstić information content (AvgIpc) is 3.02. The van der Waals surface area contributed by atoms with E-state index < -0.39 is 0 Å². The zero-order chi connectivity index (χ0) is 16.1. The highest BCUT2D eigenvalue weighted by Gasteiger charge is 2.18. The summed E-state index contributed by atoms with van der Waals surface area (Å²) in [5.41, 5.74) is 0.478. The van der Waals surface area contributed by atoms with Crippen molar-refractivity contribution in [2.24, 2.45) is 0 Å². The summed E-state index contributed by atoms with van der Waals surface area (Å²) in [7, 11) is 0. The van der Waals surface area contributed by atoms with E-state index in [1.54, 1.807) is 18.3 Å². The van der Waals surface area contributed by atoms with E-state index in [4.69, 9.17) is 0 Å². The molecule has 4 nitrogen and oxygen atoms in total. The molecule has 0 atom stereocenters. The maximum Gasteiger partial charge on any atom is 0.234 e. The Morgan fingerprint density at radius 1 is 1.35 bits per heavy atom. The van der Waals surface area contributed by atoms with Crippen LogP contribution in [0.5, 0.6) is 0 Å². The smallest absolute Gasteiger partial charge is 0.234 e. The first-order valence-corrected chi connectivity index (χ1v) is 8.92. The van der Waals surface area contributed by atoms with Crippen LogP contribution in [0.25, 0.3) is 0 Å². The van der Waals surface area contributed by atoms with Gasteiger partial charge >= 0.3 is 0 Å². The first-order valence-electron chi connectivity index (χ1n) is 7.93. The average molecular weight is 333 g/mol. The molecule has 1 amide bonds. The lowest BCUT2D eigenvalue weighted by Crippen LogP contribution is -2.16. The van der Waals surface area contributed by atoms with Crippen molar-refractivity contribution in [3.05, 3.63) is 42.5 Å². The number of hydrogen-bond donors (Lipinski definition) is 1. The third-order valence-corrected chi connectivity index (χ3v) is 5.02. The van der Waals surface area contributed by atoms with Gasteiger partial charge in [0.25, 0.3) is 0 Å². The lowest BCUT2D eigenvalue weighted by Gasteiger charge is -2.24. The lowest BCUT2D eigenvalue weighted by atomic mass is 9.95. The summed E-state index contributed by atoms with van der Waals surface area (Å²) in [4.78, 5) is 16.4. The fourth-order valence-electron chi connectivity index (χ4n) is 2.94. The van der Waals surface area contributed by atoms with Gasteiger partial charge < -0.3 is 9.88 Å². The molecule has 0 unspecified atom stereocenters. The van der Waals surface area contributed by atoms with Crippen molar-refractivity contribution in [3.63, 3.8) is 0 Å². The number of nitrogens with one attached hydrogen (secondary N) is 1. The van der Waals surface area contributed by atoms with Crippen molar-refractivity contribution in [2.75, 3.05) is 11.1 Å². The summed E-state index contributed by atoms with van der Waals surface area (Å²) in [6.45, 7) is 0. The number of carbonyl (C=O) groups excluding carboxylic acids is 1. The van der Waals surface area contributed by atoms with E-state index >= 15 is 0 Å². The number of thioether (sulfide) groups is 1. The molecule has 0 spiro atoms. The minimum atomic E-state index is -0.358. The van der Waals surface area contributed by atoms with Gasteiger partial charge in [0, 0.05) is 24.1 Å². The molecule has 122 valence electrons. The van der Waals surface area contributed by atoms with Gasteiger partial charge in [-0.3, -0.25) is 4.79 Å². The van der Waals surface area contributed by atoms with Crippen LogP contribution in [-0.4, -0.2) is 21.2 Å². The van der Waals surface area contributed by atoms with Gasteiger partial charge in [-0.05, 0) is 31.0 Å². The quantitative estimate of drug-likeness (QED) is 0.832. The summed E-state index contributed by atoms with van der Waals surface area (Å²) >= 11 is 1.42. The predicted molar refractivity (Wildman–Crippen MR) is 90.1 cm³/mol. The molecule has 1 aromatic carbocycles. The van der Waals surface area contributed by atoms with Gasteiger partial charge in [0.1, 0.15) is 5.82 Å². The molecule has 0 bridgehead atoms. The first-order chi connectivity index (χ1) is 11.2. The number of anilines is 1. The number of carbonyl (C=O) groups is 1. The molecule has 1 aliphatic rings. The number of benzene rings is 1. The zero-order valence-corrected chi connectivity index (χ0v) is 13.7. The lowest BCUT2D eigenvalue weighted by molar-refractivity contribution is -0.113. The van der Waals surface area contributed by atoms with Crippen molar-refractivity contribution >= 4 is 23.4 Å². The normalized spacial score (nSPS) is 15.5. The van der Waals surface area contributed by atoms with Crippen LogP contribution in [0.15, 0.2) is 41.8 Å². The maximum atomic E-state index is 13.1. The van der Waals surface area contributed by atoms with Gasteiger partial charge in [0.15, 0.2) is 5.16 Å². The molecule has 1 N–H and O–H groups in total. The highest BCUT2D eigenvalue weighted by atomic mass is 32.2.